The Hall–Kier alpha value is -3.56. The standard InChI is InChI=1S/C51H67ClN2O5/c1-2-3-4-5-6-7-8-9-10-11-12-13-17-23-47(56)53-45-22-18-21-42(36-45)50-58-46(37-54-34-32-51(57,33-35-54)43-28-30-44(52)31-29-43)48(40-19-15-14-16-20-40)49(59-50)41-26-24-39(38-55)25-27-41/h14-16,18-22,24-31,36,46,48-50,55,57H,2-13,17,23,32-35,37-38H2,1H3,(H,53,56)/t46-,48-,49+,50?/m1/s1. The molecule has 0 radical (unpaired) electrons. The molecular formula is C51H67ClN2O5. The number of unbranched alkanes of at least 4 members (excludes halogenated alkanes) is 12. The van der Waals surface area contributed by atoms with E-state index in [2.05, 4.69) is 41.4 Å². The van der Waals surface area contributed by atoms with Gasteiger partial charge in [-0.05, 0) is 65.8 Å². The average Bonchev–Trinajstić information content (AvgIpc) is 3.26. The van der Waals surface area contributed by atoms with Gasteiger partial charge in [-0.3, -0.25) is 4.79 Å². The van der Waals surface area contributed by atoms with E-state index in [4.69, 9.17) is 21.1 Å². The van der Waals surface area contributed by atoms with E-state index in [1.54, 1.807) is 0 Å². The largest absolute Gasteiger partial charge is 0.392 e. The van der Waals surface area contributed by atoms with Gasteiger partial charge in [0.1, 0.15) is 0 Å². The molecule has 6 rings (SSSR count). The van der Waals surface area contributed by atoms with Gasteiger partial charge >= 0.3 is 0 Å². The Morgan fingerprint density at radius 1 is 0.729 bits per heavy atom. The molecule has 4 atom stereocenters. The van der Waals surface area contributed by atoms with Crippen LogP contribution in [0.1, 0.15) is 156 Å². The predicted molar refractivity (Wildman–Crippen MR) is 239 cm³/mol. The van der Waals surface area contributed by atoms with Crippen molar-refractivity contribution in [3.05, 3.63) is 136 Å². The van der Waals surface area contributed by atoms with Crippen molar-refractivity contribution in [2.75, 3.05) is 25.0 Å². The second-order valence-corrected chi connectivity index (χ2v) is 17.3. The summed E-state index contributed by atoms with van der Waals surface area (Å²) in [5, 5.41) is 25.3. The Morgan fingerprint density at radius 3 is 1.97 bits per heavy atom. The summed E-state index contributed by atoms with van der Waals surface area (Å²) < 4.78 is 14.0. The summed E-state index contributed by atoms with van der Waals surface area (Å²) in [5.41, 5.74) is 4.53. The van der Waals surface area contributed by atoms with Crippen LogP contribution < -0.4 is 5.32 Å². The van der Waals surface area contributed by atoms with Gasteiger partial charge in [0.25, 0.3) is 0 Å². The number of anilines is 1. The molecular weight excluding hydrogens is 756 g/mol. The van der Waals surface area contributed by atoms with E-state index in [-0.39, 0.29) is 30.6 Å². The highest BCUT2D eigenvalue weighted by Gasteiger charge is 2.44. The molecule has 7 nitrogen and oxygen atoms in total. The van der Waals surface area contributed by atoms with E-state index in [1.165, 1.54) is 70.6 Å². The van der Waals surface area contributed by atoms with Crippen LogP contribution in [0.2, 0.25) is 5.02 Å². The number of ether oxygens (including phenoxy) is 2. The van der Waals surface area contributed by atoms with Gasteiger partial charge < -0.3 is 29.9 Å². The van der Waals surface area contributed by atoms with Crippen molar-refractivity contribution in [2.24, 2.45) is 0 Å². The van der Waals surface area contributed by atoms with Crippen LogP contribution in [-0.4, -0.2) is 46.8 Å². The molecule has 2 heterocycles. The molecule has 0 bridgehead atoms. The second-order valence-electron chi connectivity index (χ2n) is 16.9. The van der Waals surface area contributed by atoms with Gasteiger partial charge in [0, 0.05) is 48.2 Å². The van der Waals surface area contributed by atoms with Crippen LogP contribution in [0.3, 0.4) is 0 Å². The number of nitrogens with zero attached hydrogens (tertiary/aromatic N) is 1. The summed E-state index contributed by atoms with van der Waals surface area (Å²) in [5.74, 6) is -0.101. The highest BCUT2D eigenvalue weighted by molar-refractivity contribution is 6.30. The Labute approximate surface area is 358 Å². The topological polar surface area (TPSA) is 91.3 Å². The number of carbonyl (C=O) groups is 1. The lowest BCUT2D eigenvalue weighted by Crippen LogP contribution is -2.49. The lowest BCUT2D eigenvalue weighted by atomic mass is 9.81. The monoisotopic (exact) mass is 822 g/mol. The lowest BCUT2D eigenvalue weighted by Gasteiger charge is -2.46. The Bertz CT molecular complexity index is 1810. The van der Waals surface area contributed by atoms with Crippen LogP contribution in [0.15, 0.2) is 103 Å². The smallest absolute Gasteiger partial charge is 0.224 e. The zero-order valence-corrected chi connectivity index (χ0v) is 36.0. The van der Waals surface area contributed by atoms with Crippen LogP contribution in [0, 0.1) is 0 Å². The molecule has 0 aromatic heterocycles. The van der Waals surface area contributed by atoms with Crippen molar-refractivity contribution in [3.63, 3.8) is 0 Å². The first-order valence-corrected chi connectivity index (χ1v) is 22.9. The summed E-state index contributed by atoms with van der Waals surface area (Å²) in [7, 11) is 0. The average molecular weight is 824 g/mol. The van der Waals surface area contributed by atoms with Gasteiger partial charge in [-0.1, -0.05) is 174 Å². The van der Waals surface area contributed by atoms with Crippen LogP contribution in [0.5, 0.6) is 0 Å². The number of hydrogen-bond acceptors (Lipinski definition) is 6. The number of rotatable bonds is 22. The quantitative estimate of drug-likeness (QED) is 0.0684. The molecule has 0 saturated carbocycles. The van der Waals surface area contributed by atoms with E-state index in [0.29, 0.717) is 43.9 Å². The van der Waals surface area contributed by atoms with Gasteiger partial charge in [0.2, 0.25) is 5.91 Å². The third kappa shape index (κ3) is 13.5. The fourth-order valence-corrected chi connectivity index (χ4v) is 8.99. The minimum atomic E-state index is -0.909. The number of hydrogen-bond donors (Lipinski definition) is 3. The highest BCUT2D eigenvalue weighted by atomic mass is 35.5. The maximum atomic E-state index is 13.1. The molecule has 4 aromatic carbocycles. The van der Waals surface area contributed by atoms with Crippen molar-refractivity contribution >= 4 is 23.2 Å². The first-order chi connectivity index (χ1) is 28.8. The summed E-state index contributed by atoms with van der Waals surface area (Å²) in [4.78, 5) is 15.5. The fraction of sp³-hybridized carbons (Fsp3) is 0.510. The number of carbonyl (C=O) groups excluding carboxylic acids is 1. The predicted octanol–water partition coefficient (Wildman–Crippen LogP) is 12.2. The maximum Gasteiger partial charge on any atom is 0.224 e. The summed E-state index contributed by atoms with van der Waals surface area (Å²) in [6.45, 7) is 4.31. The van der Waals surface area contributed by atoms with Crippen molar-refractivity contribution < 1.29 is 24.5 Å². The van der Waals surface area contributed by atoms with Crippen LogP contribution >= 0.6 is 11.6 Å². The minimum absolute atomic E-state index is 0.0303. The molecule has 2 aliphatic rings. The van der Waals surface area contributed by atoms with Gasteiger partial charge in [-0.15, -0.1) is 0 Å². The van der Waals surface area contributed by atoms with Gasteiger partial charge in [0.15, 0.2) is 6.29 Å². The van der Waals surface area contributed by atoms with Crippen LogP contribution in [-0.2, 0) is 26.5 Å². The second kappa shape index (κ2) is 23.4. The first kappa shape index (κ1) is 45.0. The molecule has 8 heteroatoms. The number of benzene rings is 4. The Balaban J connectivity index is 1.09. The molecule has 1 amide bonds. The van der Waals surface area contributed by atoms with E-state index < -0.39 is 11.9 Å². The number of nitrogens with one attached hydrogen (secondary N) is 1. The number of likely N-dealkylation sites (tertiary alicyclic amines) is 1. The molecule has 318 valence electrons. The molecule has 1 unspecified atom stereocenters. The molecule has 0 aliphatic carbocycles. The molecule has 0 spiro atoms. The first-order valence-electron chi connectivity index (χ1n) is 22.5. The van der Waals surface area contributed by atoms with Crippen molar-refractivity contribution in [2.45, 2.75) is 146 Å². The van der Waals surface area contributed by atoms with E-state index >= 15 is 0 Å². The third-order valence-corrected chi connectivity index (χ3v) is 12.7. The molecule has 2 fully saturated rings. The maximum absolute atomic E-state index is 13.1. The number of amides is 1. The minimum Gasteiger partial charge on any atom is -0.392 e. The third-order valence-electron chi connectivity index (χ3n) is 12.4. The zero-order valence-electron chi connectivity index (χ0n) is 35.2. The molecule has 2 saturated heterocycles. The number of piperidine rings is 1. The van der Waals surface area contributed by atoms with Gasteiger partial charge in [-0.25, -0.2) is 0 Å². The lowest BCUT2D eigenvalue weighted by molar-refractivity contribution is -0.264. The highest BCUT2D eigenvalue weighted by Crippen LogP contribution is 2.47. The molecule has 59 heavy (non-hydrogen) atoms. The zero-order chi connectivity index (χ0) is 41.3. The summed E-state index contributed by atoms with van der Waals surface area (Å²) in [6, 6.07) is 33.8. The van der Waals surface area contributed by atoms with Crippen molar-refractivity contribution in [1.29, 1.82) is 0 Å². The Morgan fingerprint density at radius 2 is 1.34 bits per heavy atom. The van der Waals surface area contributed by atoms with E-state index in [0.717, 1.165) is 46.3 Å². The van der Waals surface area contributed by atoms with Gasteiger partial charge in [0.05, 0.1) is 24.4 Å². The van der Waals surface area contributed by atoms with Crippen molar-refractivity contribution in [1.82, 2.24) is 4.90 Å². The number of halogens is 1. The van der Waals surface area contributed by atoms with Crippen molar-refractivity contribution in [3.8, 4) is 0 Å². The van der Waals surface area contributed by atoms with Crippen LogP contribution in [0.4, 0.5) is 5.69 Å². The van der Waals surface area contributed by atoms with Crippen LogP contribution in [0.25, 0.3) is 0 Å². The SMILES string of the molecule is CCCCCCCCCCCCCCCC(=O)Nc1cccc(C2O[C@H](CN3CCC(O)(c4ccc(Cl)cc4)CC3)[C@@H](c3ccccc3)[C@H](c3ccc(CO)cc3)O2)c1. The normalized spacial score (nSPS) is 20.7. The van der Waals surface area contributed by atoms with Gasteiger partial charge in [-0.2, -0.15) is 0 Å². The number of aliphatic hydroxyl groups is 2. The molecule has 3 N–H and O–H groups in total. The van der Waals surface area contributed by atoms with E-state index in [1.807, 2.05) is 78.9 Å². The fourth-order valence-electron chi connectivity index (χ4n) is 8.86. The summed E-state index contributed by atoms with van der Waals surface area (Å²) >= 11 is 6.16. The molecule has 4 aromatic rings. The Kier molecular flexibility index (Phi) is 17.9. The summed E-state index contributed by atoms with van der Waals surface area (Å²) in [6.07, 6.45) is 17.0. The molecule has 2 aliphatic heterocycles. The van der Waals surface area contributed by atoms with E-state index in [9.17, 15) is 15.0 Å². The number of aliphatic hydroxyl groups excluding tert-OH is 1.